The van der Waals surface area contributed by atoms with Crippen LogP contribution in [0.2, 0.25) is 5.02 Å². The zero-order valence-corrected chi connectivity index (χ0v) is 15.0. The molecule has 136 valence electrons. The molecule has 1 aromatic heterocycles. The number of aromatic nitrogens is 2. The van der Waals surface area contributed by atoms with Gasteiger partial charge < -0.3 is 15.5 Å². The lowest BCUT2D eigenvalue weighted by Gasteiger charge is -2.22. The fraction of sp³-hybridized carbons (Fsp3) is 0.625. The molecule has 1 saturated heterocycles. The van der Waals surface area contributed by atoms with Crippen molar-refractivity contribution in [3.05, 3.63) is 16.9 Å². The molecule has 0 bridgehead atoms. The number of aryl methyl sites for hydroxylation is 1. The first-order valence-electron chi connectivity index (χ1n) is 8.49. The van der Waals surface area contributed by atoms with E-state index in [9.17, 15) is 14.4 Å². The standard InChI is InChI=1S/C16H22ClN5O3/c1-3-18-15(24)12-6-10(19-14(23)9-4-5-9)7-22(12)16(25)13-11(17)8-21(2)20-13/h8-10,12H,3-7H2,1-2H3,(H,18,24)(H,19,23)/t10-,12-/m0/s1. The Bertz CT molecular complexity index is 700. The van der Waals surface area contributed by atoms with Crippen LogP contribution in [0.15, 0.2) is 6.20 Å². The highest BCUT2D eigenvalue weighted by atomic mass is 35.5. The lowest BCUT2D eigenvalue weighted by molar-refractivity contribution is -0.125. The Morgan fingerprint density at radius 2 is 2.04 bits per heavy atom. The molecule has 0 unspecified atom stereocenters. The van der Waals surface area contributed by atoms with Crippen molar-refractivity contribution in [2.75, 3.05) is 13.1 Å². The Labute approximate surface area is 150 Å². The number of rotatable bonds is 5. The summed E-state index contributed by atoms with van der Waals surface area (Å²) in [7, 11) is 1.67. The molecule has 3 amide bonds. The average molecular weight is 368 g/mol. The molecule has 1 aliphatic carbocycles. The number of carbonyl (C=O) groups excluding carboxylic acids is 3. The van der Waals surface area contributed by atoms with Crippen molar-refractivity contribution < 1.29 is 14.4 Å². The summed E-state index contributed by atoms with van der Waals surface area (Å²) in [6, 6.07) is -0.887. The van der Waals surface area contributed by atoms with Crippen LogP contribution >= 0.6 is 11.6 Å². The molecule has 1 aliphatic heterocycles. The normalized spacial score (nSPS) is 22.8. The van der Waals surface area contributed by atoms with Crippen molar-refractivity contribution in [1.29, 1.82) is 0 Å². The number of hydrogen-bond donors (Lipinski definition) is 2. The number of nitrogens with zero attached hydrogens (tertiary/aromatic N) is 3. The van der Waals surface area contributed by atoms with Crippen LogP contribution in [0.25, 0.3) is 0 Å². The predicted molar refractivity (Wildman–Crippen MR) is 91.0 cm³/mol. The highest BCUT2D eigenvalue weighted by Crippen LogP contribution is 2.30. The third-order valence-corrected chi connectivity index (χ3v) is 4.77. The second-order valence-corrected chi connectivity index (χ2v) is 6.99. The summed E-state index contributed by atoms with van der Waals surface area (Å²) in [4.78, 5) is 38.7. The van der Waals surface area contributed by atoms with Crippen LogP contribution in [0.3, 0.4) is 0 Å². The van der Waals surface area contributed by atoms with Crippen LogP contribution in [-0.2, 0) is 16.6 Å². The molecular formula is C16H22ClN5O3. The predicted octanol–water partition coefficient (Wildman–Crippen LogP) is 0.319. The van der Waals surface area contributed by atoms with E-state index in [2.05, 4.69) is 15.7 Å². The Balaban J connectivity index is 1.77. The van der Waals surface area contributed by atoms with E-state index in [1.54, 1.807) is 13.2 Å². The van der Waals surface area contributed by atoms with Gasteiger partial charge in [-0.05, 0) is 26.2 Å². The van der Waals surface area contributed by atoms with Crippen LogP contribution in [0.4, 0.5) is 0 Å². The van der Waals surface area contributed by atoms with Gasteiger partial charge in [-0.1, -0.05) is 11.6 Å². The molecule has 8 nitrogen and oxygen atoms in total. The minimum Gasteiger partial charge on any atom is -0.355 e. The van der Waals surface area contributed by atoms with Gasteiger partial charge in [0.05, 0.1) is 5.02 Å². The topological polar surface area (TPSA) is 96.3 Å². The molecule has 3 rings (SSSR count). The van der Waals surface area contributed by atoms with Crippen molar-refractivity contribution in [3.8, 4) is 0 Å². The Kier molecular flexibility index (Phi) is 4.99. The van der Waals surface area contributed by atoms with E-state index in [0.29, 0.717) is 13.0 Å². The summed E-state index contributed by atoms with van der Waals surface area (Å²) in [5.74, 6) is -0.543. The number of amides is 3. The molecular weight excluding hydrogens is 346 g/mol. The number of halogens is 1. The van der Waals surface area contributed by atoms with E-state index >= 15 is 0 Å². The quantitative estimate of drug-likeness (QED) is 0.783. The monoisotopic (exact) mass is 367 g/mol. The number of likely N-dealkylation sites (tertiary alicyclic amines) is 1. The fourth-order valence-corrected chi connectivity index (χ4v) is 3.37. The lowest BCUT2D eigenvalue weighted by atomic mass is 10.1. The largest absolute Gasteiger partial charge is 0.355 e. The second-order valence-electron chi connectivity index (χ2n) is 6.58. The van der Waals surface area contributed by atoms with E-state index in [4.69, 9.17) is 11.6 Å². The number of nitrogens with one attached hydrogen (secondary N) is 2. The number of carbonyl (C=O) groups is 3. The van der Waals surface area contributed by atoms with Gasteiger partial charge in [-0.2, -0.15) is 5.10 Å². The van der Waals surface area contributed by atoms with Gasteiger partial charge in [-0.15, -0.1) is 0 Å². The van der Waals surface area contributed by atoms with Gasteiger partial charge in [0.15, 0.2) is 5.69 Å². The summed E-state index contributed by atoms with van der Waals surface area (Å²) in [5, 5.41) is 10.0. The lowest BCUT2D eigenvalue weighted by Crippen LogP contribution is -2.46. The van der Waals surface area contributed by atoms with Crippen molar-refractivity contribution in [2.45, 2.75) is 38.3 Å². The van der Waals surface area contributed by atoms with Gasteiger partial charge in [0, 0.05) is 38.3 Å². The molecule has 2 N–H and O–H groups in total. The summed E-state index contributed by atoms with van der Waals surface area (Å²) < 4.78 is 1.46. The molecule has 2 fully saturated rings. The number of hydrogen-bond acceptors (Lipinski definition) is 4. The second kappa shape index (κ2) is 7.03. The fourth-order valence-electron chi connectivity index (χ4n) is 3.11. The average Bonchev–Trinajstić information content (AvgIpc) is 3.24. The van der Waals surface area contributed by atoms with E-state index < -0.39 is 11.9 Å². The van der Waals surface area contributed by atoms with Gasteiger partial charge >= 0.3 is 0 Å². The van der Waals surface area contributed by atoms with Crippen LogP contribution in [0, 0.1) is 5.92 Å². The van der Waals surface area contributed by atoms with Gasteiger partial charge in [-0.3, -0.25) is 19.1 Å². The third kappa shape index (κ3) is 3.78. The molecule has 1 saturated carbocycles. The van der Waals surface area contributed by atoms with Crippen LogP contribution < -0.4 is 10.6 Å². The molecule has 1 aromatic rings. The molecule has 0 radical (unpaired) electrons. The Morgan fingerprint density at radius 3 is 2.60 bits per heavy atom. The van der Waals surface area contributed by atoms with Crippen molar-refractivity contribution in [2.24, 2.45) is 13.0 Å². The maximum Gasteiger partial charge on any atom is 0.276 e. The van der Waals surface area contributed by atoms with Crippen LogP contribution in [0.1, 0.15) is 36.7 Å². The first kappa shape index (κ1) is 17.7. The molecule has 0 spiro atoms. The first-order valence-corrected chi connectivity index (χ1v) is 8.86. The van der Waals surface area contributed by atoms with Gasteiger partial charge in [0.2, 0.25) is 11.8 Å². The highest BCUT2D eigenvalue weighted by molar-refractivity contribution is 6.33. The zero-order chi connectivity index (χ0) is 18.1. The Morgan fingerprint density at radius 1 is 1.32 bits per heavy atom. The minimum absolute atomic E-state index is 0.00446. The van der Waals surface area contributed by atoms with Gasteiger partial charge in [-0.25, -0.2) is 0 Å². The maximum atomic E-state index is 12.9. The van der Waals surface area contributed by atoms with Crippen LogP contribution in [-0.4, -0.2) is 57.6 Å². The van der Waals surface area contributed by atoms with Crippen molar-refractivity contribution in [1.82, 2.24) is 25.3 Å². The maximum absolute atomic E-state index is 12.9. The Hall–Kier alpha value is -2.09. The smallest absolute Gasteiger partial charge is 0.276 e. The van der Waals surface area contributed by atoms with Crippen molar-refractivity contribution >= 4 is 29.3 Å². The van der Waals surface area contributed by atoms with E-state index in [0.717, 1.165) is 12.8 Å². The summed E-state index contributed by atoms with van der Waals surface area (Å²) in [5.41, 5.74) is 0.118. The van der Waals surface area contributed by atoms with Gasteiger partial charge in [0.25, 0.3) is 5.91 Å². The molecule has 9 heteroatoms. The molecule has 2 aliphatic rings. The summed E-state index contributed by atoms with van der Waals surface area (Å²) >= 11 is 6.08. The first-order chi connectivity index (χ1) is 11.9. The van der Waals surface area contributed by atoms with Crippen molar-refractivity contribution in [3.63, 3.8) is 0 Å². The SMILES string of the molecule is CCNC(=O)[C@@H]1C[C@H](NC(=O)C2CC2)CN1C(=O)c1nn(C)cc1Cl. The minimum atomic E-state index is -0.643. The number of likely N-dealkylation sites (N-methyl/N-ethyl adjacent to an activating group) is 1. The highest BCUT2D eigenvalue weighted by Gasteiger charge is 2.42. The third-order valence-electron chi connectivity index (χ3n) is 4.50. The van der Waals surface area contributed by atoms with E-state index in [-0.39, 0.29) is 41.0 Å². The zero-order valence-electron chi connectivity index (χ0n) is 14.3. The molecule has 0 aromatic carbocycles. The van der Waals surface area contributed by atoms with E-state index in [1.165, 1.54) is 9.58 Å². The molecule has 25 heavy (non-hydrogen) atoms. The summed E-state index contributed by atoms with van der Waals surface area (Å²) in [6.07, 6.45) is 3.74. The van der Waals surface area contributed by atoms with Gasteiger partial charge in [0.1, 0.15) is 6.04 Å². The molecule has 2 heterocycles. The summed E-state index contributed by atoms with van der Waals surface area (Å²) in [6.45, 7) is 2.56. The van der Waals surface area contributed by atoms with E-state index in [1.807, 2.05) is 6.92 Å². The molecule has 2 atom stereocenters. The van der Waals surface area contributed by atoms with Crippen LogP contribution in [0.5, 0.6) is 0 Å².